The third kappa shape index (κ3) is 5.05. The summed E-state index contributed by atoms with van der Waals surface area (Å²) in [6.45, 7) is 2.01. The van der Waals surface area contributed by atoms with Crippen LogP contribution in [-0.4, -0.2) is 50.7 Å². The molecule has 0 saturated carbocycles. The van der Waals surface area contributed by atoms with E-state index in [1.165, 1.54) is 12.3 Å². The van der Waals surface area contributed by atoms with Crippen molar-refractivity contribution < 1.29 is 13.2 Å². The first-order chi connectivity index (χ1) is 9.11. The molecule has 20 heavy (non-hydrogen) atoms. The molecule has 0 aliphatic heterocycles. The second kappa shape index (κ2) is 6.89. The standard InChI is InChI=1S/C13H17Cl2NO3S/c1-9(16(2)6-7-20(3,18)19)13(17)11-5-4-10(14)8-12(11)15/h4-5,8-9H,6-7H2,1-3H3. The Hall–Kier alpha value is -0.620. The van der Waals surface area contributed by atoms with Crippen molar-refractivity contribution in [2.45, 2.75) is 13.0 Å². The average molecular weight is 338 g/mol. The van der Waals surface area contributed by atoms with E-state index in [1.54, 1.807) is 31.0 Å². The van der Waals surface area contributed by atoms with Gasteiger partial charge in [0.25, 0.3) is 0 Å². The van der Waals surface area contributed by atoms with Gasteiger partial charge in [0.1, 0.15) is 9.84 Å². The Kier molecular flexibility index (Phi) is 6.01. The number of rotatable bonds is 6. The number of likely N-dealkylation sites (N-methyl/N-ethyl adjacent to an activating group) is 1. The molecule has 0 aromatic heterocycles. The summed E-state index contributed by atoms with van der Waals surface area (Å²) in [6, 6.07) is 4.23. The lowest BCUT2D eigenvalue weighted by Crippen LogP contribution is -2.38. The molecule has 1 atom stereocenters. The minimum Gasteiger partial charge on any atom is -0.296 e. The van der Waals surface area contributed by atoms with Crippen LogP contribution in [0.2, 0.25) is 10.0 Å². The molecule has 0 amide bonds. The fraction of sp³-hybridized carbons (Fsp3) is 0.462. The van der Waals surface area contributed by atoms with Gasteiger partial charge in [-0.2, -0.15) is 0 Å². The molecule has 112 valence electrons. The van der Waals surface area contributed by atoms with E-state index in [0.29, 0.717) is 15.6 Å². The summed E-state index contributed by atoms with van der Waals surface area (Å²) in [5.74, 6) is -0.155. The molecule has 0 aliphatic carbocycles. The first kappa shape index (κ1) is 17.4. The van der Waals surface area contributed by atoms with Crippen molar-refractivity contribution in [1.29, 1.82) is 0 Å². The molecule has 0 heterocycles. The van der Waals surface area contributed by atoms with E-state index in [9.17, 15) is 13.2 Å². The van der Waals surface area contributed by atoms with Gasteiger partial charge in [0.05, 0.1) is 16.8 Å². The molecule has 0 spiro atoms. The smallest absolute Gasteiger partial charge is 0.181 e. The molecule has 0 fully saturated rings. The number of nitrogens with zero attached hydrogens (tertiary/aromatic N) is 1. The number of halogens is 2. The zero-order valence-corrected chi connectivity index (χ0v) is 13.9. The molecular weight excluding hydrogens is 321 g/mol. The SMILES string of the molecule is CC(C(=O)c1ccc(Cl)cc1Cl)N(C)CCS(C)(=O)=O. The minimum atomic E-state index is -3.05. The zero-order valence-electron chi connectivity index (χ0n) is 11.6. The second-order valence-corrected chi connectivity index (χ2v) is 7.88. The Labute approximate surface area is 129 Å². The molecule has 7 heteroatoms. The summed E-state index contributed by atoms with van der Waals surface area (Å²) in [6.07, 6.45) is 1.17. The highest BCUT2D eigenvalue weighted by molar-refractivity contribution is 7.90. The normalized spacial score (nSPS) is 13.5. The van der Waals surface area contributed by atoms with Gasteiger partial charge < -0.3 is 0 Å². The maximum Gasteiger partial charge on any atom is 0.181 e. The van der Waals surface area contributed by atoms with Gasteiger partial charge in [-0.1, -0.05) is 23.2 Å². The van der Waals surface area contributed by atoms with E-state index < -0.39 is 15.9 Å². The summed E-state index contributed by atoms with van der Waals surface area (Å²) < 4.78 is 22.3. The Morgan fingerprint density at radius 2 is 1.95 bits per heavy atom. The third-order valence-electron chi connectivity index (χ3n) is 3.05. The third-order valence-corrected chi connectivity index (χ3v) is 4.52. The van der Waals surface area contributed by atoms with Gasteiger partial charge >= 0.3 is 0 Å². The number of sulfone groups is 1. The predicted octanol–water partition coefficient (Wildman–Crippen LogP) is 2.54. The highest BCUT2D eigenvalue weighted by Gasteiger charge is 2.22. The number of hydrogen-bond acceptors (Lipinski definition) is 4. The van der Waals surface area contributed by atoms with Gasteiger partial charge in [-0.05, 0) is 32.2 Å². The number of carbonyl (C=O) groups is 1. The molecule has 0 bridgehead atoms. The number of ketones is 1. The van der Waals surface area contributed by atoms with Crippen LogP contribution in [0.5, 0.6) is 0 Å². The van der Waals surface area contributed by atoms with Crippen LogP contribution in [0.15, 0.2) is 18.2 Å². The van der Waals surface area contributed by atoms with Crippen LogP contribution >= 0.6 is 23.2 Å². The monoisotopic (exact) mass is 337 g/mol. The van der Waals surface area contributed by atoms with E-state index >= 15 is 0 Å². The Bertz CT molecular complexity index is 602. The molecular formula is C13H17Cl2NO3S. The van der Waals surface area contributed by atoms with Crippen molar-refractivity contribution in [3.05, 3.63) is 33.8 Å². The summed E-state index contributed by atoms with van der Waals surface area (Å²) in [5.41, 5.74) is 0.384. The number of benzene rings is 1. The second-order valence-electron chi connectivity index (χ2n) is 4.77. The topological polar surface area (TPSA) is 54.5 Å². The first-order valence-corrected chi connectivity index (χ1v) is 8.80. The van der Waals surface area contributed by atoms with Crippen molar-refractivity contribution >= 4 is 38.8 Å². The number of hydrogen-bond donors (Lipinski definition) is 0. The van der Waals surface area contributed by atoms with Crippen molar-refractivity contribution in [3.8, 4) is 0 Å². The summed E-state index contributed by atoms with van der Waals surface area (Å²) in [5, 5.41) is 0.760. The van der Waals surface area contributed by atoms with Gasteiger partial charge in [-0.25, -0.2) is 8.42 Å². The highest BCUT2D eigenvalue weighted by atomic mass is 35.5. The summed E-state index contributed by atoms with van der Waals surface area (Å²) in [4.78, 5) is 14.0. The lowest BCUT2D eigenvalue weighted by molar-refractivity contribution is 0.0874. The Morgan fingerprint density at radius 1 is 1.35 bits per heavy atom. The van der Waals surface area contributed by atoms with E-state index in [1.807, 2.05) is 0 Å². The van der Waals surface area contributed by atoms with Crippen LogP contribution in [-0.2, 0) is 9.84 Å². The largest absolute Gasteiger partial charge is 0.296 e. The molecule has 1 rings (SSSR count). The minimum absolute atomic E-state index is 0.00939. The van der Waals surface area contributed by atoms with E-state index in [4.69, 9.17) is 23.2 Å². The molecule has 1 aromatic carbocycles. The number of Topliss-reactive ketones (excluding diaryl/α,β-unsaturated/α-hetero) is 1. The molecule has 4 nitrogen and oxygen atoms in total. The predicted molar refractivity (Wildman–Crippen MR) is 82.6 cm³/mol. The maximum absolute atomic E-state index is 12.3. The average Bonchev–Trinajstić information content (AvgIpc) is 2.33. The van der Waals surface area contributed by atoms with Crippen LogP contribution in [0, 0.1) is 0 Å². The van der Waals surface area contributed by atoms with Crippen molar-refractivity contribution in [2.24, 2.45) is 0 Å². The summed E-state index contributed by atoms with van der Waals surface area (Å²) >= 11 is 11.8. The van der Waals surface area contributed by atoms with Gasteiger partial charge in [0.15, 0.2) is 5.78 Å². The van der Waals surface area contributed by atoms with E-state index in [2.05, 4.69) is 0 Å². The van der Waals surface area contributed by atoms with Crippen LogP contribution < -0.4 is 0 Å². The lowest BCUT2D eigenvalue weighted by atomic mass is 10.0. The van der Waals surface area contributed by atoms with Gasteiger partial charge in [0, 0.05) is 23.4 Å². The summed E-state index contributed by atoms with van der Waals surface area (Å²) in [7, 11) is -1.35. The quantitative estimate of drug-likeness (QED) is 0.748. The molecule has 0 radical (unpaired) electrons. The highest BCUT2D eigenvalue weighted by Crippen LogP contribution is 2.23. The fourth-order valence-electron chi connectivity index (χ4n) is 1.62. The van der Waals surface area contributed by atoms with Crippen LogP contribution in [0.25, 0.3) is 0 Å². The molecule has 1 unspecified atom stereocenters. The van der Waals surface area contributed by atoms with Crippen LogP contribution in [0.1, 0.15) is 17.3 Å². The Morgan fingerprint density at radius 3 is 2.45 bits per heavy atom. The van der Waals surface area contributed by atoms with Crippen molar-refractivity contribution in [2.75, 3.05) is 25.6 Å². The lowest BCUT2D eigenvalue weighted by Gasteiger charge is -2.23. The van der Waals surface area contributed by atoms with Crippen LogP contribution in [0.3, 0.4) is 0 Å². The van der Waals surface area contributed by atoms with Crippen molar-refractivity contribution in [3.63, 3.8) is 0 Å². The fourth-order valence-corrected chi connectivity index (χ4v) is 2.74. The van der Waals surface area contributed by atoms with Gasteiger partial charge in [-0.3, -0.25) is 9.69 Å². The van der Waals surface area contributed by atoms with E-state index in [-0.39, 0.29) is 18.1 Å². The van der Waals surface area contributed by atoms with Gasteiger partial charge in [-0.15, -0.1) is 0 Å². The Balaban J connectivity index is 2.80. The molecule has 1 aromatic rings. The van der Waals surface area contributed by atoms with E-state index in [0.717, 1.165) is 0 Å². The van der Waals surface area contributed by atoms with Gasteiger partial charge in [0.2, 0.25) is 0 Å². The number of carbonyl (C=O) groups excluding carboxylic acids is 1. The molecule has 0 N–H and O–H groups in total. The zero-order chi connectivity index (χ0) is 15.5. The van der Waals surface area contributed by atoms with Crippen molar-refractivity contribution in [1.82, 2.24) is 4.90 Å². The maximum atomic E-state index is 12.3. The van der Waals surface area contributed by atoms with Crippen LogP contribution in [0.4, 0.5) is 0 Å². The first-order valence-electron chi connectivity index (χ1n) is 5.99. The molecule has 0 saturated heterocycles. The molecule has 0 aliphatic rings.